The molecule has 0 aromatic rings. The minimum atomic E-state index is -0.595. The van der Waals surface area contributed by atoms with Crippen LogP contribution in [0.4, 0.5) is 4.79 Å². The normalized spacial score (nSPS) is 21.9. The molecule has 1 amide bonds. The fraction of sp³-hybridized carbons (Fsp3) is 0.875. The largest absolute Gasteiger partial charge is 0.467 e. The second kappa shape index (κ2) is 8.98. The van der Waals surface area contributed by atoms with Gasteiger partial charge in [0.15, 0.2) is 0 Å². The highest BCUT2D eigenvalue weighted by atomic mass is 16.6. The summed E-state index contributed by atoms with van der Waals surface area (Å²) in [6.45, 7) is 1.72. The average molecular weight is 312 g/mol. The summed E-state index contributed by atoms with van der Waals surface area (Å²) in [5, 5.41) is 5.93. The van der Waals surface area contributed by atoms with Gasteiger partial charge in [-0.15, -0.1) is 0 Å². The van der Waals surface area contributed by atoms with Gasteiger partial charge in [0.1, 0.15) is 12.1 Å². The third-order valence-corrected chi connectivity index (χ3v) is 4.63. The number of carbonyl (C=O) groups excluding carboxylic acids is 2. The summed E-state index contributed by atoms with van der Waals surface area (Å²) in [5.74, 6) is 0.102. The van der Waals surface area contributed by atoms with E-state index in [0.717, 1.165) is 38.8 Å². The van der Waals surface area contributed by atoms with E-state index in [9.17, 15) is 9.59 Å². The van der Waals surface area contributed by atoms with Crippen molar-refractivity contribution in [3.05, 3.63) is 0 Å². The van der Waals surface area contributed by atoms with Gasteiger partial charge in [0.2, 0.25) is 0 Å². The number of alkyl carbamates (subject to hydrolysis) is 1. The third-order valence-electron chi connectivity index (χ3n) is 4.63. The quantitative estimate of drug-likeness (QED) is 0.759. The van der Waals surface area contributed by atoms with Gasteiger partial charge < -0.3 is 20.1 Å². The summed E-state index contributed by atoms with van der Waals surface area (Å²) in [4.78, 5) is 23.9. The molecule has 1 atom stereocenters. The molecule has 1 aliphatic heterocycles. The Bertz CT molecular complexity index is 363. The van der Waals surface area contributed by atoms with Crippen molar-refractivity contribution < 1.29 is 19.1 Å². The first kappa shape index (κ1) is 17.1. The average Bonchev–Trinajstić information content (AvgIpc) is 2.55. The van der Waals surface area contributed by atoms with Crippen LogP contribution in [0.5, 0.6) is 0 Å². The number of rotatable bonds is 5. The van der Waals surface area contributed by atoms with Crippen molar-refractivity contribution in [2.75, 3.05) is 20.2 Å². The summed E-state index contributed by atoms with van der Waals surface area (Å²) in [6.07, 6.45) is 7.65. The maximum absolute atomic E-state index is 12.0. The van der Waals surface area contributed by atoms with Crippen LogP contribution in [-0.4, -0.2) is 44.4 Å². The van der Waals surface area contributed by atoms with Gasteiger partial charge in [0, 0.05) is 0 Å². The Balaban J connectivity index is 1.82. The van der Waals surface area contributed by atoms with Gasteiger partial charge in [-0.2, -0.15) is 0 Å². The maximum Gasteiger partial charge on any atom is 0.408 e. The van der Waals surface area contributed by atoms with Crippen molar-refractivity contribution in [3.63, 3.8) is 0 Å². The van der Waals surface area contributed by atoms with Gasteiger partial charge in [-0.3, -0.25) is 0 Å². The molecule has 6 heteroatoms. The molecule has 2 rings (SSSR count). The molecule has 126 valence electrons. The van der Waals surface area contributed by atoms with Crippen LogP contribution in [0.2, 0.25) is 0 Å². The molecule has 22 heavy (non-hydrogen) atoms. The highest BCUT2D eigenvalue weighted by Gasteiger charge is 2.28. The van der Waals surface area contributed by atoms with Crippen LogP contribution in [0.25, 0.3) is 0 Å². The van der Waals surface area contributed by atoms with Crippen LogP contribution in [0.15, 0.2) is 0 Å². The monoisotopic (exact) mass is 312 g/mol. The number of methoxy groups -OCH3 is 1. The minimum absolute atomic E-state index is 0.0609. The summed E-state index contributed by atoms with van der Waals surface area (Å²) in [7, 11) is 1.36. The first-order valence-corrected chi connectivity index (χ1v) is 8.44. The second-order valence-corrected chi connectivity index (χ2v) is 6.31. The van der Waals surface area contributed by atoms with Crippen molar-refractivity contribution in [1.82, 2.24) is 10.6 Å². The van der Waals surface area contributed by atoms with Gasteiger partial charge in [0.05, 0.1) is 7.11 Å². The van der Waals surface area contributed by atoms with Crippen LogP contribution in [0, 0.1) is 5.92 Å². The van der Waals surface area contributed by atoms with Gasteiger partial charge in [-0.05, 0) is 38.3 Å². The molecule has 2 N–H and O–H groups in total. The van der Waals surface area contributed by atoms with E-state index >= 15 is 0 Å². The fourth-order valence-corrected chi connectivity index (χ4v) is 3.35. The third kappa shape index (κ3) is 5.48. The molecule has 1 saturated carbocycles. The Hall–Kier alpha value is -1.30. The number of esters is 1. The predicted octanol–water partition coefficient (Wildman–Crippen LogP) is 1.98. The van der Waals surface area contributed by atoms with Gasteiger partial charge in [-0.25, -0.2) is 9.59 Å². The highest BCUT2D eigenvalue weighted by molar-refractivity contribution is 5.81. The molecule has 0 radical (unpaired) electrons. The number of hydrogen-bond donors (Lipinski definition) is 2. The molecule has 0 unspecified atom stereocenters. The van der Waals surface area contributed by atoms with E-state index in [1.54, 1.807) is 0 Å². The molecule has 2 aliphatic rings. The Morgan fingerprint density at radius 2 is 1.82 bits per heavy atom. The van der Waals surface area contributed by atoms with E-state index in [1.165, 1.54) is 26.4 Å². The lowest BCUT2D eigenvalue weighted by atomic mass is 9.85. The number of carbonyl (C=O) groups is 2. The van der Waals surface area contributed by atoms with E-state index in [2.05, 4.69) is 10.6 Å². The molecule has 0 bridgehead atoms. The Labute approximate surface area is 132 Å². The van der Waals surface area contributed by atoms with E-state index in [0.29, 0.717) is 12.3 Å². The van der Waals surface area contributed by atoms with Gasteiger partial charge in [-0.1, -0.05) is 32.1 Å². The molecule has 1 heterocycles. The Kier molecular flexibility index (Phi) is 6.96. The van der Waals surface area contributed by atoms with E-state index in [1.807, 2.05) is 0 Å². The van der Waals surface area contributed by atoms with Crippen LogP contribution < -0.4 is 10.6 Å². The molecule has 0 spiro atoms. The molecular formula is C16H28N2O4. The molecular weight excluding hydrogens is 284 g/mol. The SMILES string of the molecule is COC(=O)[C@H](CC1CCCCC1)NC(=O)OC1CCNCC1. The van der Waals surface area contributed by atoms with Crippen LogP contribution >= 0.6 is 0 Å². The topological polar surface area (TPSA) is 76.7 Å². The summed E-state index contributed by atoms with van der Waals surface area (Å²) in [6, 6.07) is -0.595. The van der Waals surface area contributed by atoms with Crippen LogP contribution in [0.3, 0.4) is 0 Å². The van der Waals surface area contributed by atoms with Crippen LogP contribution in [0.1, 0.15) is 51.4 Å². The van der Waals surface area contributed by atoms with Crippen molar-refractivity contribution in [2.24, 2.45) is 5.92 Å². The Morgan fingerprint density at radius 1 is 1.14 bits per heavy atom. The number of piperidine rings is 1. The maximum atomic E-state index is 12.0. The van der Waals surface area contributed by atoms with Crippen molar-refractivity contribution in [1.29, 1.82) is 0 Å². The molecule has 6 nitrogen and oxygen atoms in total. The lowest BCUT2D eigenvalue weighted by Gasteiger charge is -2.27. The number of amides is 1. The summed E-state index contributed by atoms with van der Waals surface area (Å²) in [5.41, 5.74) is 0. The minimum Gasteiger partial charge on any atom is -0.467 e. The molecule has 2 fully saturated rings. The molecule has 0 aromatic carbocycles. The van der Waals surface area contributed by atoms with Gasteiger partial charge >= 0.3 is 12.1 Å². The standard InChI is InChI=1S/C16H28N2O4/c1-21-15(19)14(11-12-5-3-2-4-6-12)18-16(20)22-13-7-9-17-10-8-13/h12-14,17H,2-11H2,1H3,(H,18,20)/t14-/m0/s1. The fourth-order valence-electron chi connectivity index (χ4n) is 3.35. The first-order valence-electron chi connectivity index (χ1n) is 8.44. The van der Waals surface area contributed by atoms with Crippen molar-refractivity contribution in [2.45, 2.75) is 63.5 Å². The van der Waals surface area contributed by atoms with Gasteiger partial charge in [0.25, 0.3) is 0 Å². The lowest BCUT2D eigenvalue weighted by molar-refractivity contribution is -0.143. The summed E-state index contributed by atoms with van der Waals surface area (Å²) >= 11 is 0. The highest BCUT2D eigenvalue weighted by Crippen LogP contribution is 2.27. The number of ether oxygens (including phenoxy) is 2. The smallest absolute Gasteiger partial charge is 0.408 e. The molecule has 1 saturated heterocycles. The zero-order valence-corrected chi connectivity index (χ0v) is 13.4. The first-order chi connectivity index (χ1) is 10.7. The predicted molar refractivity (Wildman–Crippen MR) is 82.5 cm³/mol. The summed E-state index contributed by atoms with van der Waals surface area (Å²) < 4.78 is 10.2. The number of nitrogens with one attached hydrogen (secondary N) is 2. The van der Waals surface area contributed by atoms with E-state index < -0.39 is 12.1 Å². The molecule has 1 aliphatic carbocycles. The van der Waals surface area contributed by atoms with E-state index in [-0.39, 0.29) is 12.1 Å². The van der Waals surface area contributed by atoms with Crippen molar-refractivity contribution in [3.8, 4) is 0 Å². The second-order valence-electron chi connectivity index (χ2n) is 6.31. The van der Waals surface area contributed by atoms with E-state index in [4.69, 9.17) is 9.47 Å². The number of hydrogen-bond acceptors (Lipinski definition) is 5. The zero-order chi connectivity index (χ0) is 15.8. The van der Waals surface area contributed by atoms with Crippen molar-refractivity contribution >= 4 is 12.1 Å². The lowest BCUT2D eigenvalue weighted by Crippen LogP contribution is -2.45. The molecule has 0 aromatic heterocycles. The zero-order valence-electron chi connectivity index (χ0n) is 13.4. The Morgan fingerprint density at radius 3 is 2.45 bits per heavy atom. The van der Waals surface area contributed by atoms with Crippen LogP contribution in [-0.2, 0) is 14.3 Å².